The van der Waals surface area contributed by atoms with E-state index in [0.717, 1.165) is 5.69 Å². The van der Waals surface area contributed by atoms with Crippen LogP contribution >= 0.6 is 12.2 Å². The molecule has 0 saturated carbocycles. The van der Waals surface area contributed by atoms with E-state index in [1.807, 2.05) is 25.1 Å². The van der Waals surface area contributed by atoms with Crippen molar-refractivity contribution in [3.05, 3.63) is 29.8 Å². The SMILES string of the molecule is COC(C)CNC(=S)Nc1cccc(C)c1. The van der Waals surface area contributed by atoms with Crippen molar-refractivity contribution in [1.29, 1.82) is 0 Å². The molecule has 2 N–H and O–H groups in total. The number of thiocarbonyl (C=S) groups is 1. The van der Waals surface area contributed by atoms with Gasteiger partial charge in [-0.05, 0) is 43.8 Å². The largest absolute Gasteiger partial charge is 0.380 e. The van der Waals surface area contributed by atoms with Crippen LogP contribution in [-0.4, -0.2) is 24.9 Å². The highest BCUT2D eigenvalue weighted by molar-refractivity contribution is 7.80. The summed E-state index contributed by atoms with van der Waals surface area (Å²) < 4.78 is 5.12. The van der Waals surface area contributed by atoms with Crippen molar-refractivity contribution >= 4 is 23.0 Å². The van der Waals surface area contributed by atoms with Gasteiger partial charge in [-0.1, -0.05) is 12.1 Å². The van der Waals surface area contributed by atoms with E-state index in [0.29, 0.717) is 11.7 Å². The second kappa shape index (κ2) is 6.45. The molecule has 0 aliphatic heterocycles. The van der Waals surface area contributed by atoms with Gasteiger partial charge in [-0.25, -0.2) is 0 Å². The first kappa shape index (κ1) is 12.9. The molecule has 0 aliphatic carbocycles. The van der Waals surface area contributed by atoms with E-state index in [1.54, 1.807) is 7.11 Å². The molecule has 0 saturated heterocycles. The van der Waals surface area contributed by atoms with Crippen LogP contribution in [0.4, 0.5) is 5.69 Å². The Morgan fingerprint density at radius 2 is 2.25 bits per heavy atom. The van der Waals surface area contributed by atoms with Crippen molar-refractivity contribution in [2.24, 2.45) is 0 Å². The molecule has 0 aliphatic rings. The molecule has 1 aromatic rings. The Morgan fingerprint density at radius 1 is 1.50 bits per heavy atom. The summed E-state index contributed by atoms with van der Waals surface area (Å²) in [7, 11) is 1.68. The quantitative estimate of drug-likeness (QED) is 0.789. The number of anilines is 1. The molecule has 88 valence electrons. The van der Waals surface area contributed by atoms with Gasteiger partial charge in [-0.2, -0.15) is 0 Å². The van der Waals surface area contributed by atoms with E-state index in [4.69, 9.17) is 17.0 Å². The molecular formula is C12H18N2OS. The average molecular weight is 238 g/mol. The van der Waals surface area contributed by atoms with Gasteiger partial charge in [0.1, 0.15) is 0 Å². The molecule has 0 aromatic heterocycles. The summed E-state index contributed by atoms with van der Waals surface area (Å²) in [5, 5.41) is 6.84. The van der Waals surface area contributed by atoms with Gasteiger partial charge in [0.05, 0.1) is 6.10 Å². The lowest BCUT2D eigenvalue weighted by molar-refractivity contribution is 0.121. The molecular weight excluding hydrogens is 220 g/mol. The van der Waals surface area contributed by atoms with Crippen LogP contribution in [0.2, 0.25) is 0 Å². The fourth-order valence-corrected chi connectivity index (χ4v) is 1.42. The highest BCUT2D eigenvalue weighted by Gasteiger charge is 2.01. The number of aryl methyl sites for hydroxylation is 1. The van der Waals surface area contributed by atoms with Crippen LogP contribution in [0.5, 0.6) is 0 Å². The third-order valence-corrected chi connectivity index (χ3v) is 2.47. The summed E-state index contributed by atoms with van der Waals surface area (Å²) >= 11 is 5.17. The third-order valence-electron chi connectivity index (χ3n) is 2.23. The minimum Gasteiger partial charge on any atom is -0.380 e. The number of nitrogens with one attached hydrogen (secondary N) is 2. The topological polar surface area (TPSA) is 33.3 Å². The van der Waals surface area contributed by atoms with Gasteiger partial charge < -0.3 is 15.4 Å². The van der Waals surface area contributed by atoms with Crippen LogP contribution in [0.1, 0.15) is 12.5 Å². The summed E-state index contributed by atoms with van der Waals surface area (Å²) in [6, 6.07) is 8.08. The van der Waals surface area contributed by atoms with Crippen LogP contribution in [-0.2, 0) is 4.74 Å². The smallest absolute Gasteiger partial charge is 0.170 e. The monoisotopic (exact) mass is 238 g/mol. The Balaban J connectivity index is 2.40. The Bertz CT molecular complexity index is 355. The highest BCUT2D eigenvalue weighted by atomic mass is 32.1. The van der Waals surface area contributed by atoms with Crippen LogP contribution < -0.4 is 10.6 Å². The Kier molecular flexibility index (Phi) is 5.22. The number of hydrogen-bond donors (Lipinski definition) is 2. The molecule has 0 heterocycles. The molecule has 0 radical (unpaired) electrons. The van der Waals surface area contributed by atoms with Gasteiger partial charge >= 0.3 is 0 Å². The maximum Gasteiger partial charge on any atom is 0.170 e. The molecule has 0 fully saturated rings. The lowest BCUT2D eigenvalue weighted by Crippen LogP contribution is -2.34. The molecule has 1 aromatic carbocycles. The molecule has 3 nitrogen and oxygen atoms in total. The van der Waals surface area contributed by atoms with E-state index in [-0.39, 0.29) is 6.10 Å². The summed E-state index contributed by atoms with van der Waals surface area (Å²) in [4.78, 5) is 0. The predicted molar refractivity (Wildman–Crippen MR) is 71.9 cm³/mol. The number of rotatable bonds is 4. The standard InChI is InChI=1S/C12H18N2OS/c1-9-5-4-6-11(7-9)14-12(16)13-8-10(2)15-3/h4-7,10H,8H2,1-3H3,(H2,13,14,16). The Morgan fingerprint density at radius 3 is 2.88 bits per heavy atom. The minimum absolute atomic E-state index is 0.150. The zero-order chi connectivity index (χ0) is 12.0. The van der Waals surface area contributed by atoms with Crippen molar-refractivity contribution < 1.29 is 4.74 Å². The summed E-state index contributed by atoms with van der Waals surface area (Å²) in [6.45, 7) is 4.74. The van der Waals surface area contributed by atoms with Gasteiger partial charge in [0, 0.05) is 19.3 Å². The molecule has 1 rings (SSSR count). The fraction of sp³-hybridized carbons (Fsp3) is 0.417. The van der Waals surface area contributed by atoms with E-state index < -0.39 is 0 Å². The Labute approximate surface area is 102 Å². The van der Waals surface area contributed by atoms with E-state index in [9.17, 15) is 0 Å². The summed E-state index contributed by atoms with van der Waals surface area (Å²) in [6.07, 6.45) is 0.150. The van der Waals surface area contributed by atoms with Crippen molar-refractivity contribution in [2.75, 3.05) is 19.0 Å². The second-order valence-electron chi connectivity index (χ2n) is 3.75. The zero-order valence-electron chi connectivity index (χ0n) is 9.91. The van der Waals surface area contributed by atoms with Crippen LogP contribution in [0, 0.1) is 6.92 Å². The molecule has 16 heavy (non-hydrogen) atoms. The maximum absolute atomic E-state index is 5.17. The van der Waals surface area contributed by atoms with Crippen molar-refractivity contribution in [1.82, 2.24) is 5.32 Å². The van der Waals surface area contributed by atoms with E-state index in [1.165, 1.54) is 5.56 Å². The van der Waals surface area contributed by atoms with Gasteiger partial charge in [-0.3, -0.25) is 0 Å². The van der Waals surface area contributed by atoms with Crippen LogP contribution in [0.15, 0.2) is 24.3 Å². The normalized spacial score (nSPS) is 11.9. The molecule has 4 heteroatoms. The highest BCUT2D eigenvalue weighted by Crippen LogP contribution is 2.08. The molecule has 0 amide bonds. The number of methoxy groups -OCH3 is 1. The van der Waals surface area contributed by atoms with E-state index in [2.05, 4.69) is 23.6 Å². The predicted octanol–water partition coefficient (Wildman–Crippen LogP) is 2.32. The average Bonchev–Trinajstić information content (AvgIpc) is 2.26. The van der Waals surface area contributed by atoms with Gasteiger partial charge in [-0.15, -0.1) is 0 Å². The number of benzene rings is 1. The first-order valence-corrected chi connectivity index (χ1v) is 5.67. The van der Waals surface area contributed by atoms with E-state index >= 15 is 0 Å². The number of ether oxygens (including phenoxy) is 1. The molecule has 1 unspecified atom stereocenters. The maximum atomic E-state index is 5.17. The van der Waals surface area contributed by atoms with Gasteiger partial charge in [0.15, 0.2) is 5.11 Å². The first-order chi connectivity index (χ1) is 7.61. The van der Waals surface area contributed by atoms with Gasteiger partial charge in [0.25, 0.3) is 0 Å². The number of hydrogen-bond acceptors (Lipinski definition) is 2. The van der Waals surface area contributed by atoms with Crippen molar-refractivity contribution in [3.63, 3.8) is 0 Å². The van der Waals surface area contributed by atoms with Gasteiger partial charge in [0.2, 0.25) is 0 Å². The second-order valence-corrected chi connectivity index (χ2v) is 4.16. The van der Waals surface area contributed by atoms with Crippen molar-refractivity contribution in [3.8, 4) is 0 Å². The van der Waals surface area contributed by atoms with Crippen LogP contribution in [0.25, 0.3) is 0 Å². The fourth-order valence-electron chi connectivity index (χ4n) is 1.22. The van der Waals surface area contributed by atoms with Crippen molar-refractivity contribution in [2.45, 2.75) is 20.0 Å². The van der Waals surface area contributed by atoms with Crippen LogP contribution in [0.3, 0.4) is 0 Å². The third kappa shape index (κ3) is 4.59. The lowest BCUT2D eigenvalue weighted by Gasteiger charge is -2.14. The summed E-state index contributed by atoms with van der Waals surface area (Å²) in [5.41, 5.74) is 2.21. The first-order valence-electron chi connectivity index (χ1n) is 5.26. The zero-order valence-corrected chi connectivity index (χ0v) is 10.7. The summed E-state index contributed by atoms with van der Waals surface area (Å²) in [5.74, 6) is 0. The molecule has 0 spiro atoms. The molecule has 1 atom stereocenters. The Hall–Kier alpha value is -1.13. The minimum atomic E-state index is 0.150. The lowest BCUT2D eigenvalue weighted by atomic mass is 10.2. The molecule has 0 bridgehead atoms.